The summed E-state index contributed by atoms with van der Waals surface area (Å²) in [6.45, 7) is 1.84. The molecule has 0 fully saturated rings. The van der Waals surface area contributed by atoms with E-state index in [2.05, 4.69) is 9.78 Å². The summed E-state index contributed by atoms with van der Waals surface area (Å²) in [5.41, 5.74) is -0.0489. The van der Waals surface area contributed by atoms with Gasteiger partial charge in [-0.3, -0.25) is 19.9 Å². The fraction of sp³-hybridized carbons (Fsp3) is 0.300. The maximum atomic E-state index is 10.9. The van der Waals surface area contributed by atoms with Gasteiger partial charge in [-0.2, -0.15) is 0 Å². The lowest BCUT2D eigenvalue weighted by molar-refractivity contribution is -0.384. The third kappa shape index (κ3) is 3.56. The van der Waals surface area contributed by atoms with E-state index in [4.69, 9.17) is 0 Å². The van der Waals surface area contributed by atoms with Crippen molar-refractivity contribution in [1.29, 1.82) is 0 Å². The Balaban J connectivity index is 2.49. The molecule has 6 nitrogen and oxygen atoms in total. The summed E-state index contributed by atoms with van der Waals surface area (Å²) >= 11 is 0. The Labute approximate surface area is 91.9 Å². The van der Waals surface area contributed by atoms with Crippen molar-refractivity contribution in [3.63, 3.8) is 0 Å². The number of carbonyl (C=O) groups excluding carboxylic acids is 1. The SMILES string of the molecule is CCCC(=O)OOc1ccc([N+](=O)[O-])cc1. The second kappa shape index (κ2) is 5.69. The van der Waals surface area contributed by atoms with E-state index in [1.165, 1.54) is 24.3 Å². The molecule has 0 aromatic heterocycles. The highest BCUT2D eigenvalue weighted by Gasteiger charge is 2.07. The molecule has 6 heteroatoms. The zero-order chi connectivity index (χ0) is 12.0. The van der Waals surface area contributed by atoms with E-state index in [-0.39, 0.29) is 17.9 Å². The smallest absolute Gasteiger partial charge is 0.287 e. The van der Waals surface area contributed by atoms with Gasteiger partial charge in [-0.25, -0.2) is 4.79 Å². The Morgan fingerprint density at radius 2 is 2.00 bits per heavy atom. The molecule has 1 rings (SSSR count). The van der Waals surface area contributed by atoms with Crippen molar-refractivity contribution < 1.29 is 19.5 Å². The van der Waals surface area contributed by atoms with E-state index in [0.29, 0.717) is 6.42 Å². The van der Waals surface area contributed by atoms with Gasteiger partial charge in [0.1, 0.15) is 0 Å². The van der Waals surface area contributed by atoms with E-state index in [0.717, 1.165) is 0 Å². The Hall–Kier alpha value is -2.11. The van der Waals surface area contributed by atoms with Crippen LogP contribution in [0.3, 0.4) is 0 Å². The molecule has 86 valence electrons. The van der Waals surface area contributed by atoms with Crippen LogP contribution in [-0.4, -0.2) is 10.9 Å². The fourth-order valence-electron chi connectivity index (χ4n) is 0.964. The largest absolute Gasteiger partial charge is 0.355 e. The van der Waals surface area contributed by atoms with Crippen LogP contribution in [0.25, 0.3) is 0 Å². The summed E-state index contributed by atoms with van der Waals surface area (Å²) < 4.78 is 0. The molecule has 0 saturated heterocycles. The predicted molar refractivity (Wildman–Crippen MR) is 54.7 cm³/mol. The van der Waals surface area contributed by atoms with E-state index in [1.54, 1.807) is 0 Å². The van der Waals surface area contributed by atoms with E-state index in [9.17, 15) is 14.9 Å². The van der Waals surface area contributed by atoms with E-state index >= 15 is 0 Å². The van der Waals surface area contributed by atoms with E-state index in [1.807, 2.05) is 6.92 Å². The summed E-state index contributed by atoms with van der Waals surface area (Å²) in [4.78, 5) is 29.9. The number of nitrogens with zero attached hydrogens (tertiary/aromatic N) is 1. The third-order valence-electron chi connectivity index (χ3n) is 1.73. The van der Waals surface area contributed by atoms with Crippen molar-refractivity contribution in [2.45, 2.75) is 19.8 Å². The first-order valence-corrected chi connectivity index (χ1v) is 4.75. The summed E-state index contributed by atoms with van der Waals surface area (Å²) in [6.07, 6.45) is 0.940. The Morgan fingerprint density at radius 3 is 2.50 bits per heavy atom. The van der Waals surface area contributed by atoms with Gasteiger partial charge >= 0.3 is 5.97 Å². The highest BCUT2D eigenvalue weighted by Crippen LogP contribution is 2.17. The molecule has 16 heavy (non-hydrogen) atoms. The van der Waals surface area contributed by atoms with Gasteiger partial charge in [-0.05, 0) is 18.6 Å². The second-order valence-corrected chi connectivity index (χ2v) is 3.04. The maximum Gasteiger partial charge on any atom is 0.355 e. The van der Waals surface area contributed by atoms with E-state index < -0.39 is 10.9 Å². The van der Waals surface area contributed by atoms with Gasteiger partial charge in [0.05, 0.1) is 4.92 Å². The average Bonchev–Trinajstić information content (AvgIpc) is 2.27. The van der Waals surface area contributed by atoms with Crippen LogP contribution in [-0.2, 0) is 9.68 Å². The van der Waals surface area contributed by atoms with Gasteiger partial charge in [0.2, 0.25) is 0 Å². The summed E-state index contributed by atoms with van der Waals surface area (Å²) in [6, 6.07) is 5.25. The minimum absolute atomic E-state index is 0.0489. The standard InChI is InChI=1S/C10H11NO5/c1-2-3-10(12)16-15-9-6-4-8(5-7-9)11(13)14/h4-7H,2-3H2,1H3. The highest BCUT2D eigenvalue weighted by molar-refractivity contribution is 5.68. The van der Waals surface area contributed by atoms with Crippen LogP contribution in [0.4, 0.5) is 5.69 Å². The fourth-order valence-corrected chi connectivity index (χ4v) is 0.964. The lowest BCUT2D eigenvalue weighted by Crippen LogP contribution is -2.06. The number of carbonyl (C=O) groups is 1. The zero-order valence-corrected chi connectivity index (χ0v) is 8.71. The summed E-state index contributed by atoms with van der Waals surface area (Å²) in [5, 5.41) is 10.3. The Bertz CT molecular complexity index is 373. The molecule has 0 atom stereocenters. The third-order valence-corrected chi connectivity index (χ3v) is 1.73. The normalized spacial score (nSPS) is 9.56. The summed E-state index contributed by atoms with van der Waals surface area (Å²) in [5.74, 6) is -0.226. The molecule has 0 bridgehead atoms. The maximum absolute atomic E-state index is 10.9. The topological polar surface area (TPSA) is 78.7 Å². The molecule has 1 aromatic carbocycles. The molecule has 0 spiro atoms. The van der Waals surface area contributed by atoms with Crippen LogP contribution in [0, 0.1) is 10.1 Å². The quantitative estimate of drug-likeness (QED) is 0.436. The van der Waals surface area contributed by atoms with Crippen LogP contribution < -0.4 is 4.89 Å². The second-order valence-electron chi connectivity index (χ2n) is 3.04. The Morgan fingerprint density at radius 1 is 1.38 bits per heavy atom. The minimum Gasteiger partial charge on any atom is -0.287 e. The number of non-ortho nitro benzene ring substituents is 1. The molecular weight excluding hydrogens is 214 g/mol. The van der Waals surface area contributed by atoms with Gasteiger partial charge < -0.3 is 0 Å². The van der Waals surface area contributed by atoms with Gasteiger partial charge in [-0.1, -0.05) is 6.92 Å². The van der Waals surface area contributed by atoms with Crippen molar-refractivity contribution in [1.82, 2.24) is 0 Å². The molecular formula is C10H11NO5. The zero-order valence-electron chi connectivity index (χ0n) is 8.71. The number of benzene rings is 1. The number of hydrogen-bond donors (Lipinski definition) is 0. The number of nitro benzene ring substituents is 1. The van der Waals surface area contributed by atoms with Gasteiger partial charge in [0.25, 0.3) is 5.69 Å². The molecule has 0 heterocycles. The molecule has 0 aliphatic carbocycles. The van der Waals surface area contributed by atoms with Gasteiger partial charge in [0, 0.05) is 18.6 Å². The average molecular weight is 225 g/mol. The first kappa shape index (κ1) is 12.0. The lowest BCUT2D eigenvalue weighted by Gasteiger charge is -2.02. The molecule has 0 saturated carbocycles. The van der Waals surface area contributed by atoms with Crippen LogP contribution in [0.2, 0.25) is 0 Å². The van der Waals surface area contributed by atoms with Crippen molar-refractivity contribution >= 4 is 11.7 Å². The van der Waals surface area contributed by atoms with Crippen molar-refractivity contribution in [2.75, 3.05) is 0 Å². The first-order chi connectivity index (χ1) is 7.63. The number of hydrogen-bond acceptors (Lipinski definition) is 5. The first-order valence-electron chi connectivity index (χ1n) is 4.75. The van der Waals surface area contributed by atoms with Crippen LogP contribution in [0.5, 0.6) is 5.75 Å². The Kier molecular flexibility index (Phi) is 4.26. The van der Waals surface area contributed by atoms with Crippen molar-refractivity contribution in [2.24, 2.45) is 0 Å². The minimum atomic E-state index is -0.521. The lowest BCUT2D eigenvalue weighted by atomic mass is 10.3. The molecule has 0 radical (unpaired) electrons. The van der Waals surface area contributed by atoms with Crippen molar-refractivity contribution in [3.8, 4) is 5.75 Å². The van der Waals surface area contributed by atoms with Gasteiger partial charge in [0.15, 0.2) is 5.75 Å². The van der Waals surface area contributed by atoms with Crippen LogP contribution in [0.1, 0.15) is 19.8 Å². The molecule has 0 aliphatic heterocycles. The molecule has 0 unspecified atom stereocenters. The molecule has 0 N–H and O–H groups in total. The molecule has 0 aliphatic rings. The molecule has 1 aromatic rings. The van der Waals surface area contributed by atoms with Crippen LogP contribution >= 0.6 is 0 Å². The predicted octanol–water partition coefficient (Wildman–Crippen LogP) is 2.23. The van der Waals surface area contributed by atoms with Crippen LogP contribution in [0.15, 0.2) is 24.3 Å². The monoisotopic (exact) mass is 225 g/mol. The number of nitro groups is 1. The summed E-state index contributed by atoms with van der Waals surface area (Å²) in [7, 11) is 0. The van der Waals surface area contributed by atoms with Crippen molar-refractivity contribution in [3.05, 3.63) is 34.4 Å². The van der Waals surface area contributed by atoms with Gasteiger partial charge in [-0.15, -0.1) is 0 Å². The number of rotatable bonds is 5. The molecule has 0 amide bonds. The highest BCUT2D eigenvalue weighted by atomic mass is 17.2.